The molecule has 25 heavy (non-hydrogen) atoms. The molecule has 0 bridgehead atoms. The van der Waals surface area contributed by atoms with E-state index in [-0.39, 0.29) is 0 Å². The number of fused-ring (bicyclic) bond motifs is 1. The Morgan fingerprint density at radius 2 is 1.76 bits per heavy atom. The molecule has 1 aliphatic rings. The summed E-state index contributed by atoms with van der Waals surface area (Å²) in [5, 5.41) is 11.4. The van der Waals surface area contributed by atoms with E-state index in [9.17, 15) is 0 Å². The first-order chi connectivity index (χ1) is 12.1. The number of aliphatic imine (C=N–C) groups is 1. The maximum atomic E-state index is 5.96. The van der Waals surface area contributed by atoms with Crippen molar-refractivity contribution in [3.63, 3.8) is 0 Å². The molecule has 2 N–H and O–H groups in total. The van der Waals surface area contributed by atoms with Crippen LogP contribution in [-0.2, 0) is 7.05 Å². The summed E-state index contributed by atoms with van der Waals surface area (Å²) >= 11 is 7.47. The zero-order valence-corrected chi connectivity index (χ0v) is 14.9. The van der Waals surface area contributed by atoms with E-state index in [2.05, 4.69) is 15.2 Å². The molecular weight excluding hydrogens is 354 g/mol. The highest BCUT2D eigenvalue weighted by Gasteiger charge is 2.18. The maximum Gasteiger partial charge on any atom is 0.210 e. The molecule has 0 amide bonds. The molecule has 2 aromatic carbocycles. The van der Waals surface area contributed by atoms with Gasteiger partial charge in [0.15, 0.2) is 5.84 Å². The Labute approximate surface area is 153 Å². The van der Waals surface area contributed by atoms with Crippen molar-refractivity contribution in [2.75, 3.05) is 0 Å². The zero-order valence-electron chi connectivity index (χ0n) is 13.3. The van der Waals surface area contributed by atoms with Gasteiger partial charge in [-0.3, -0.25) is 0 Å². The topological polar surface area (TPSA) is 68.0 Å². The maximum absolute atomic E-state index is 5.96. The number of thiazole rings is 1. The van der Waals surface area contributed by atoms with Crippen molar-refractivity contribution in [3.05, 3.63) is 74.9 Å². The molecule has 0 aliphatic carbocycles. The largest absolute Gasteiger partial charge is 0.383 e. The van der Waals surface area contributed by atoms with Crippen LogP contribution in [0.2, 0.25) is 5.02 Å². The Hall–Kier alpha value is -2.70. The van der Waals surface area contributed by atoms with Gasteiger partial charge in [-0.25, -0.2) is 4.99 Å². The molecule has 5 nitrogen and oxygen atoms in total. The van der Waals surface area contributed by atoms with E-state index >= 15 is 0 Å². The first-order valence-corrected chi connectivity index (χ1v) is 8.85. The molecule has 124 valence electrons. The molecular formula is C18H14ClN5S. The predicted molar refractivity (Wildman–Crippen MR) is 103 cm³/mol. The summed E-state index contributed by atoms with van der Waals surface area (Å²) < 4.78 is 1.99. The Kier molecular flexibility index (Phi) is 3.99. The van der Waals surface area contributed by atoms with E-state index in [1.165, 1.54) is 11.3 Å². The highest BCUT2D eigenvalue weighted by atomic mass is 35.5. The van der Waals surface area contributed by atoms with Crippen LogP contribution in [0.3, 0.4) is 0 Å². The molecule has 2 heterocycles. The fourth-order valence-corrected chi connectivity index (χ4v) is 3.63. The minimum atomic E-state index is 0.474. The van der Waals surface area contributed by atoms with Gasteiger partial charge in [-0.2, -0.15) is 0 Å². The number of rotatable bonds is 2. The van der Waals surface area contributed by atoms with E-state index in [1.807, 2.05) is 65.5 Å². The Balaban J connectivity index is 1.73. The van der Waals surface area contributed by atoms with E-state index < -0.39 is 0 Å². The first kappa shape index (κ1) is 15.8. The lowest BCUT2D eigenvalue weighted by Crippen LogP contribution is -2.11. The molecule has 1 aromatic heterocycles. The fourth-order valence-electron chi connectivity index (χ4n) is 2.65. The van der Waals surface area contributed by atoms with E-state index in [0.29, 0.717) is 16.7 Å². The average Bonchev–Trinajstić information content (AvgIpc) is 3.15. The van der Waals surface area contributed by atoms with E-state index in [4.69, 9.17) is 17.3 Å². The van der Waals surface area contributed by atoms with Gasteiger partial charge in [-0.05, 0) is 17.7 Å². The third-order valence-electron chi connectivity index (χ3n) is 3.96. The SMILES string of the molecule is Cn1c(-c2ccc(Cl)cc2)cs/c1=N\N=C1/N=C(N)c2ccccc21. The number of halogens is 1. The van der Waals surface area contributed by atoms with Crippen molar-refractivity contribution in [3.8, 4) is 11.3 Å². The van der Waals surface area contributed by atoms with E-state index in [0.717, 1.165) is 27.2 Å². The summed E-state index contributed by atoms with van der Waals surface area (Å²) in [7, 11) is 1.96. The van der Waals surface area contributed by atoms with Crippen LogP contribution in [0.15, 0.2) is 69.1 Å². The van der Waals surface area contributed by atoms with Gasteiger partial charge in [0, 0.05) is 28.6 Å². The van der Waals surface area contributed by atoms with Gasteiger partial charge in [0.2, 0.25) is 4.80 Å². The molecule has 7 heteroatoms. The second-order valence-electron chi connectivity index (χ2n) is 5.54. The van der Waals surface area contributed by atoms with Crippen molar-refractivity contribution < 1.29 is 0 Å². The Morgan fingerprint density at radius 3 is 2.52 bits per heavy atom. The quantitative estimate of drug-likeness (QED) is 0.693. The number of nitrogens with zero attached hydrogens (tertiary/aromatic N) is 4. The summed E-state index contributed by atoms with van der Waals surface area (Å²) in [6, 6.07) is 15.5. The molecule has 3 aromatic rings. The number of aromatic nitrogens is 1. The molecule has 0 unspecified atom stereocenters. The molecule has 0 saturated carbocycles. The van der Waals surface area contributed by atoms with Crippen LogP contribution in [0.5, 0.6) is 0 Å². The standard InChI is InChI=1S/C18H14ClN5S/c1-24-15(11-6-8-12(19)9-7-11)10-25-18(24)23-22-17-14-5-3-2-4-13(14)16(20)21-17/h2-10H,1H3,(H2,20,21,22)/b23-18-. The molecule has 0 saturated heterocycles. The van der Waals surface area contributed by atoms with Gasteiger partial charge >= 0.3 is 0 Å². The number of amidine groups is 2. The second-order valence-corrected chi connectivity index (χ2v) is 6.81. The second kappa shape index (κ2) is 6.31. The minimum Gasteiger partial charge on any atom is -0.383 e. The van der Waals surface area contributed by atoms with Crippen LogP contribution in [0, 0.1) is 0 Å². The Bertz CT molecular complexity index is 1070. The van der Waals surface area contributed by atoms with Crippen LogP contribution in [0.25, 0.3) is 11.3 Å². The lowest BCUT2D eigenvalue weighted by atomic mass is 10.1. The minimum absolute atomic E-state index is 0.474. The van der Waals surface area contributed by atoms with Gasteiger partial charge < -0.3 is 10.3 Å². The number of benzene rings is 2. The molecule has 0 fully saturated rings. The lowest BCUT2D eigenvalue weighted by molar-refractivity contribution is 0.862. The van der Waals surface area contributed by atoms with Crippen LogP contribution in [-0.4, -0.2) is 16.2 Å². The summed E-state index contributed by atoms with van der Waals surface area (Å²) in [5.41, 5.74) is 9.87. The van der Waals surface area contributed by atoms with Gasteiger partial charge in [0.25, 0.3) is 0 Å². The van der Waals surface area contributed by atoms with E-state index in [1.54, 1.807) is 0 Å². The van der Waals surface area contributed by atoms with Gasteiger partial charge in [0.1, 0.15) is 5.84 Å². The zero-order chi connectivity index (χ0) is 17.4. The number of nitrogens with two attached hydrogens (primary N) is 1. The van der Waals surface area contributed by atoms with Crippen molar-refractivity contribution in [1.29, 1.82) is 0 Å². The number of hydrogen-bond donors (Lipinski definition) is 1. The van der Waals surface area contributed by atoms with Crippen molar-refractivity contribution >= 4 is 34.6 Å². The summed E-state index contributed by atoms with van der Waals surface area (Å²) in [6.45, 7) is 0. The van der Waals surface area contributed by atoms with Gasteiger partial charge in [-0.1, -0.05) is 48.0 Å². The lowest BCUT2D eigenvalue weighted by Gasteiger charge is -2.02. The smallest absolute Gasteiger partial charge is 0.210 e. The fraction of sp³-hybridized carbons (Fsp3) is 0.0556. The van der Waals surface area contributed by atoms with Crippen molar-refractivity contribution in [2.45, 2.75) is 0 Å². The molecule has 1 aliphatic heterocycles. The predicted octanol–water partition coefficient (Wildman–Crippen LogP) is 3.39. The van der Waals surface area contributed by atoms with Gasteiger partial charge in [0.05, 0.1) is 5.69 Å². The monoisotopic (exact) mass is 367 g/mol. The summed E-state index contributed by atoms with van der Waals surface area (Å²) in [5.74, 6) is 1.01. The normalized spacial score (nSPS) is 15.5. The van der Waals surface area contributed by atoms with Crippen LogP contribution in [0.4, 0.5) is 0 Å². The molecule has 0 spiro atoms. The van der Waals surface area contributed by atoms with Crippen molar-refractivity contribution in [2.24, 2.45) is 28.0 Å². The van der Waals surface area contributed by atoms with Gasteiger partial charge in [-0.15, -0.1) is 21.5 Å². The third-order valence-corrected chi connectivity index (χ3v) is 5.12. The molecule has 4 rings (SSSR count). The van der Waals surface area contributed by atoms with Crippen LogP contribution >= 0.6 is 22.9 Å². The highest BCUT2D eigenvalue weighted by molar-refractivity contribution is 7.07. The van der Waals surface area contributed by atoms with Crippen LogP contribution in [0.1, 0.15) is 11.1 Å². The first-order valence-electron chi connectivity index (χ1n) is 7.59. The Morgan fingerprint density at radius 1 is 1.04 bits per heavy atom. The summed E-state index contributed by atoms with van der Waals surface area (Å²) in [4.78, 5) is 5.08. The number of hydrogen-bond acceptors (Lipinski definition) is 4. The molecule has 0 atom stereocenters. The van der Waals surface area contributed by atoms with Crippen LogP contribution < -0.4 is 10.5 Å². The average molecular weight is 368 g/mol. The summed E-state index contributed by atoms with van der Waals surface area (Å²) in [6.07, 6.45) is 0. The van der Waals surface area contributed by atoms with Crippen molar-refractivity contribution in [1.82, 2.24) is 4.57 Å². The molecule has 0 radical (unpaired) electrons. The third kappa shape index (κ3) is 2.90. The highest BCUT2D eigenvalue weighted by Crippen LogP contribution is 2.21.